The van der Waals surface area contributed by atoms with Gasteiger partial charge in [-0.1, -0.05) is 35.9 Å². The van der Waals surface area contributed by atoms with Crippen LogP contribution in [0, 0.1) is 6.92 Å². The highest BCUT2D eigenvalue weighted by atomic mass is 15.0. The number of nitrogens with zero attached hydrogens (tertiary/aromatic N) is 2. The van der Waals surface area contributed by atoms with Crippen LogP contribution in [0.2, 0.25) is 0 Å². The topological polar surface area (TPSA) is 17.8 Å². The normalized spacial score (nSPS) is 11.3. The van der Waals surface area contributed by atoms with Crippen LogP contribution in [0.4, 0.5) is 0 Å². The van der Waals surface area contributed by atoms with Crippen molar-refractivity contribution in [2.24, 2.45) is 0 Å². The molecule has 2 heteroatoms. The molecule has 4 aromatic rings. The molecule has 2 heterocycles. The number of fused-ring (bicyclic) bond motifs is 2. The van der Waals surface area contributed by atoms with Crippen LogP contribution in [-0.2, 0) is 6.54 Å². The van der Waals surface area contributed by atoms with E-state index in [4.69, 9.17) is 0 Å². The first-order valence-corrected chi connectivity index (χ1v) is 7.19. The van der Waals surface area contributed by atoms with Crippen molar-refractivity contribution < 1.29 is 0 Å². The van der Waals surface area contributed by atoms with Gasteiger partial charge in [-0.25, -0.2) is 0 Å². The highest BCUT2D eigenvalue weighted by Gasteiger charge is 2.05. The van der Waals surface area contributed by atoms with Gasteiger partial charge in [-0.15, -0.1) is 0 Å². The van der Waals surface area contributed by atoms with E-state index >= 15 is 0 Å². The van der Waals surface area contributed by atoms with Crippen molar-refractivity contribution in [2.75, 3.05) is 0 Å². The molecule has 0 aliphatic carbocycles. The van der Waals surface area contributed by atoms with Gasteiger partial charge in [0.15, 0.2) is 0 Å². The molecule has 0 saturated heterocycles. The Morgan fingerprint density at radius 1 is 0.952 bits per heavy atom. The molecular formula is C19H16N2. The third-order valence-electron chi connectivity index (χ3n) is 3.98. The first kappa shape index (κ1) is 12.2. The van der Waals surface area contributed by atoms with Gasteiger partial charge in [0, 0.05) is 29.8 Å². The summed E-state index contributed by atoms with van der Waals surface area (Å²) in [4.78, 5) is 4.54. The molecule has 2 aromatic carbocycles. The summed E-state index contributed by atoms with van der Waals surface area (Å²) in [5.74, 6) is 0. The fourth-order valence-corrected chi connectivity index (χ4v) is 2.94. The monoisotopic (exact) mass is 272 g/mol. The number of benzene rings is 2. The molecule has 0 N–H and O–H groups in total. The highest BCUT2D eigenvalue weighted by Crippen LogP contribution is 2.21. The lowest BCUT2D eigenvalue weighted by Crippen LogP contribution is -1.99. The predicted molar refractivity (Wildman–Crippen MR) is 87.5 cm³/mol. The third-order valence-corrected chi connectivity index (χ3v) is 3.98. The van der Waals surface area contributed by atoms with Crippen molar-refractivity contribution >= 4 is 21.8 Å². The molecule has 0 spiro atoms. The molecule has 0 aliphatic heterocycles. The molecule has 0 radical (unpaired) electrons. The largest absolute Gasteiger partial charge is 0.343 e. The van der Waals surface area contributed by atoms with Crippen molar-refractivity contribution in [1.82, 2.24) is 9.55 Å². The van der Waals surface area contributed by atoms with E-state index in [0.717, 1.165) is 12.1 Å². The lowest BCUT2D eigenvalue weighted by Gasteiger charge is -2.08. The first-order chi connectivity index (χ1) is 10.3. The van der Waals surface area contributed by atoms with Crippen molar-refractivity contribution in [3.8, 4) is 0 Å². The zero-order valence-electron chi connectivity index (χ0n) is 12.0. The fraction of sp³-hybridized carbons (Fsp3) is 0.105. The summed E-state index contributed by atoms with van der Waals surface area (Å²) in [5, 5.41) is 2.49. The minimum atomic E-state index is 0.848. The molecule has 0 fully saturated rings. The summed E-state index contributed by atoms with van der Waals surface area (Å²) >= 11 is 0. The quantitative estimate of drug-likeness (QED) is 0.523. The first-order valence-electron chi connectivity index (χ1n) is 7.19. The van der Waals surface area contributed by atoms with Crippen molar-refractivity contribution in [3.63, 3.8) is 0 Å². The molecule has 0 atom stereocenters. The third kappa shape index (κ3) is 2.09. The second kappa shape index (κ2) is 4.74. The highest BCUT2D eigenvalue weighted by molar-refractivity contribution is 5.83. The molecule has 102 valence electrons. The van der Waals surface area contributed by atoms with Gasteiger partial charge in [0.1, 0.15) is 0 Å². The van der Waals surface area contributed by atoms with Gasteiger partial charge in [-0.2, -0.15) is 0 Å². The number of aromatic nitrogens is 2. The predicted octanol–water partition coefficient (Wildman–Crippen LogP) is 4.55. The van der Waals surface area contributed by atoms with E-state index in [1.165, 1.54) is 27.4 Å². The van der Waals surface area contributed by atoms with Crippen LogP contribution in [0.3, 0.4) is 0 Å². The van der Waals surface area contributed by atoms with E-state index in [0.29, 0.717) is 0 Å². The number of pyridine rings is 1. The molecule has 21 heavy (non-hydrogen) atoms. The Bertz CT molecular complexity index is 929. The van der Waals surface area contributed by atoms with Crippen LogP contribution in [0.5, 0.6) is 0 Å². The number of hydrogen-bond acceptors (Lipinski definition) is 1. The zero-order chi connectivity index (χ0) is 14.2. The smallest absolute Gasteiger partial charge is 0.0751 e. The van der Waals surface area contributed by atoms with E-state index in [9.17, 15) is 0 Å². The van der Waals surface area contributed by atoms with Crippen LogP contribution < -0.4 is 0 Å². The van der Waals surface area contributed by atoms with Crippen LogP contribution in [0.25, 0.3) is 21.8 Å². The number of para-hydroxylation sites is 1. The molecule has 2 nitrogen and oxygen atoms in total. The average Bonchev–Trinajstić information content (AvgIpc) is 2.90. The van der Waals surface area contributed by atoms with Gasteiger partial charge < -0.3 is 4.57 Å². The van der Waals surface area contributed by atoms with Crippen LogP contribution in [0.1, 0.15) is 11.1 Å². The standard InChI is InChI=1S/C19H16N2/c1-14-7-8-18-16(12-14)9-11-21(18)13-17-5-2-4-15-6-3-10-20-19(15)17/h2-12H,13H2,1H3. The number of hydrogen-bond donors (Lipinski definition) is 0. The van der Waals surface area contributed by atoms with Gasteiger partial charge in [0.2, 0.25) is 0 Å². The minimum absolute atomic E-state index is 0.848. The lowest BCUT2D eigenvalue weighted by atomic mass is 10.1. The minimum Gasteiger partial charge on any atom is -0.343 e. The molecule has 0 aliphatic rings. The summed E-state index contributed by atoms with van der Waals surface area (Å²) < 4.78 is 2.29. The maximum Gasteiger partial charge on any atom is 0.0751 e. The molecule has 4 rings (SSSR count). The SMILES string of the molecule is Cc1ccc2c(ccn2Cc2cccc3cccnc23)c1. The molecule has 2 aromatic heterocycles. The van der Waals surface area contributed by atoms with E-state index in [1.54, 1.807) is 0 Å². The Morgan fingerprint density at radius 3 is 2.81 bits per heavy atom. The van der Waals surface area contributed by atoms with E-state index < -0.39 is 0 Å². The Labute approximate surface area is 123 Å². The number of aryl methyl sites for hydroxylation is 1. The van der Waals surface area contributed by atoms with E-state index in [1.807, 2.05) is 12.3 Å². The van der Waals surface area contributed by atoms with Crippen molar-refractivity contribution in [1.29, 1.82) is 0 Å². The van der Waals surface area contributed by atoms with Crippen LogP contribution >= 0.6 is 0 Å². The van der Waals surface area contributed by atoms with Crippen LogP contribution in [-0.4, -0.2) is 9.55 Å². The summed E-state index contributed by atoms with van der Waals surface area (Å²) in [7, 11) is 0. The van der Waals surface area contributed by atoms with Gasteiger partial charge >= 0.3 is 0 Å². The zero-order valence-corrected chi connectivity index (χ0v) is 12.0. The summed E-state index contributed by atoms with van der Waals surface area (Å²) in [6, 6.07) is 19.3. The van der Waals surface area contributed by atoms with Crippen molar-refractivity contribution in [2.45, 2.75) is 13.5 Å². The Hall–Kier alpha value is -2.61. The average molecular weight is 272 g/mol. The van der Waals surface area contributed by atoms with Crippen LogP contribution in [0.15, 0.2) is 67.0 Å². The number of rotatable bonds is 2. The van der Waals surface area contributed by atoms with Gasteiger partial charge in [0.05, 0.1) is 5.52 Å². The molecule has 0 saturated carbocycles. The molecule has 0 amide bonds. The molecule has 0 unspecified atom stereocenters. The van der Waals surface area contributed by atoms with E-state index in [-0.39, 0.29) is 0 Å². The second-order valence-electron chi connectivity index (χ2n) is 5.50. The lowest BCUT2D eigenvalue weighted by molar-refractivity contribution is 0.841. The fourth-order valence-electron chi connectivity index (χ4n) is 2.94. The summed E-state index contributed by atoms with van der Waals surface area (Å²) in [5.41, 5.74) is 4.92. The Morgan fingerprint density at radius 2 is 1.86 bits per heavy atom. The Balaban J connectivity index is 1.83. The van der Waals surface area contributed by atoms with E-state index in [2.05, 4.69) is 71.2 Å². The van der Waals surface area contributed by atoms with Gasteiger partial charge in [-0.05, 0) is 42.1 Å². The van der Waals surface area contributed by atoms with Gasteiger partial charge in [-0.3, -0.25) is 4.98 Å². The maximum atomic E-state index is 4.54. The van der Waals surface area contributed by atoms with Gasteiger partial charge in [0.25, 0.3) is 0 Å². The Kier molecular flexibility index (Phi) is 2.74. The molecular weight excluding hydrogens is 256 g/mol. The maximum absolute atomic E-state index is 4.54. The summed E-state index contributed by atoms with van der Waals surface area (Å²) in [6.07, 6.45) is 4.02. The van der Waals surface area contributed by atoms with Crippen molar-refractivity contribution in [3.05, 3.63) is 78.1 Å². The summed E-state index contributed by atoms with van der Waals surface area (Å²) in [6.45, 7) is 2.98. The second-order valence-corrected chi connectivity index (χ2v) is 5.50. The molecule has 0 bridgehead atoms.